The Bertz CT molecular complexity index is 1250. The highest BCUT2D eigenvalue weighted by Crippen LogP contribution is 2.36. The van der Waals surface area contributed by atoms with Crippen LogP contribution in [0.4, 0.5) is 5.69 Å². The number of hydrogen-bond acceptors (Lipinski definition) is 7. The minimum atomic E-state index is -3.63. The van der Waals surface area contributed by atoms with Gasteiger partial charge in [-0.2, -0.15) is 0 Å². The predicted octanol–water partition coefficient (Wildman–Crippen LogP) is 3.69. The van der Waals surface area contributed by atoms with Crippen LogP contribution in [0.15, 0.2) is 42.5 Å². The van der Waals surface area contributed by atoms with Gasteiger partial charge in [0.2, 0.25) is 28.6 Å². The van der Waals surface area contributed by atoms with Gasteiger partial charge < -0.3 is 24.4 Å². The monoisotopic (exact) mass is 561 g/mol. The molecule has 1 heterocycles. The fourth-order valence-corrected chi connectivity index (χ4v) is 5.33. The number of fused-ring (bicyclic) bond motifs is 1. The first kappa shape index (κ1) is 30.1. The van der Waals surface area contributed by atoms with E-state index in [0.29, 0.717) is 29.4 Å². The maximum atomic E-state index is 13.6. The first-order valence-corrected chi connectivity index (χ1v) is 15.0. The third-order valence-electron chi connectivity index (χ3n) is 6.67. The Hall–Kier alpha value is -3.47. The van der Waals surface area contributed by atoms with Crippen LogP contribution in [-0.2, 0) is 26.2 Å². The molecule has 2 amide bonds. The number of amides is 2. The highest BCUT2D eigenvalue weighted by atomic mass is 32.2. The Kier molecular flexibility index (Phi) is 10.4. The zero-order valence-corrected chi connectivity index (χ0v) is 24.1. The van der Waals surface area contributed by atoms with Gasteiger partial charge in [-0.1, -0.05) is 26.0 Å². The van der Waals surface area contributed by atoms with Crippen molar-refractivity contribution in [3.63, 3.8) is 0 Å². The van der Waals surface area contributed by atoms with Crippen LogP contribution in [0.3, 0.4) is 0 Å². The van der Waals surface area contributed by atoms with Crippen molar-refractivity contribution in [3.05, 3.63) is 48.0 Å². The Morgan fingerprint density at radius 3 is 2.49 bits per heavy atom. The summed E-state index contributed by atoms with van der Waals surface area (Å²) in [5.41, 5.74) is 1.26. The van der Waals surface area contributed by atoms with Crippen LogP contribution < -0.4 is 23.8 Å². The zero-order valence-electron chi connectivity index (χ0n) is 23.3. The van der Waals surface area contributed by atoms with Crippen molar-refractivity contribution >= 4 is 27.5 Å². The smallest absolute Gasteiger partial charge is 0.243 e. The van der Waals surface area contributed by atoms with Gasteiger partial charge in [0, 0.05) is 31.6 Å². The number of carbonyl (C=O) groups is 2. The molecule has 0 bridgehead atoms. The molecular weight excluding hydrogens is 522 g/mol. The second-order valence-electron chi connectivity index (χ2n) is 9.59. The number of ether oxygens (including phenoxy) is 3. The molecule has 214 valence electrons. The number of hydrogen-bond donors (Lipinski definition) is 1. The molecule has 3 rings (SSSR count). The lowest BCUT2D eigenvalue weighted by Crippen LogP contribution is -2.50. The van der Waals surface area contributed by atoms with E-state index in [1.54, 1.807) is 30.2 Å². The number of benzene rings is 2. The molecular formula is C28H39N3O7S. The summed E-state index contributed by atoms with van der Waals surface area (Å²) in [5.74, 6) is 1.24. The van der Waals surface area contributed by atoms with Crippen LogP contribution in [0.1, 0.15) is 52.0 Å². The van der Waals surface area contributed by atoms with Gasteiger partial charge in [0.1, 0.15) is 11.8 Å². The largest absolute Gasteiger partial charge is 0.497 e. The second kappa shape index (κ2) is 13.5. The molecule has 1 aliphatic rings. The van der Waals surface area contributed by atoms with Crippen molar-refractivity contribution in [1.82, 2.24) is 10.2 Å². The number of sulfonamides is 1. The van der Waals surface area contributed by atoms with Crippen LogP contribution in [0, 0.1) is 0 Å². The first-order valence-electron chi connectivity index (χ1n) is 13.2. The molecule has 0 saturated heterocycles. The SMILES string of the molecule is CC[C@@H](C)NC(=O)[C@H](CC)N(Cc1cccc(OC)c1)C(=O)CCCN(c1ccc2c(c1)OCO2)S(C)(=O)=O. The van der Waals surface area contributed by atoms with E-state index in [9.17, 15) is 18.0 Å². The number of nitrogens with one attached hydrogen (secondary N) is 1. The Morgan fingerprint density at radius 1 is 1.08 bits per heavy atom. The molecule has 0 spiro atoms. The molecule has 1 N–H and O–H groups in total. The number of rotatable bonds is 14. The van der Waals surface area contributed by atoms with E-state index < -0.39 is 16.1 Å². The van der Waals surface area contributed by atoms with Gasteiger partial charge in [0.15, 0.2) is 11.5 Å². The summed E-state index contributed by atoms with van der Waals surface area (Å²) in [6, 6.07) is 11.6. The molecule has 2 aromatic carbocycles. The van der Waals surface area contributed by atoms with Crippen molar-refractivity contribution in [2.45, 2.75) is 65.1 Å². The number of methoxy groups -OCH3 is 1. The molecule has 11 heteroatoms. The van der Waals surface area contributed by atoms with Gasteiger partial charge in [-0.15, -0.1) is 0 Å². The summed E-state index contributed by atoms with van der Waals surface area (Å²) >= 11 is 0. The number of anilines is 1. The second-order valence-corrected chi connectivity index (χ2v) is 11.5. The van der Waals surface area contributed by atoms with Crippen molar-refractivity contribution in [1.29, 1.82) is 0 Å². The molecule has 10 nitrogen and oxygen atoms in total. The lowest BCUT2D eigenvalue weighted by molar-refractivity contribution is -0.141. The number of carbonyl (C=O) groups excluding carboxylic acids is 2. The fraction of sp³-hybridized carbons (Fsp3) is 0.500. The Labute approximate surface area is 231 Å². The normalized spacial score (nSPS) is 13.9. The van der Waals surface area contributed by atoms with Gasteiger partial charge in [0.25, 0.3) is 0 Å². The van der Waals surface area contributed by atoms with Gasteiger partial charge in [-0.25, -0.2) is 8.42 Å². The summed E-state index contributed by atoms with van der Waals surface area (Å²) in [7, 11) is -2.05. The minimum Gasteiger partial charge on any atom is -0.497 e. The molecule has 39 heavy (non-hydrogen) atoms. The highest BCUT2D eigenvalue weighted by Gasteiger charge is 2.29. The van der Waals surface area contributed by atoms with Crippen molar-refractivity contribution in [2.75, 3.05) is 31.0 Å². The maximum absolute atomic E-state index is 13.6. The predicted molar refractivity (Wildman–Crippen MR) is 150 cm³/mol. The first-order chi connectivity index (χ1) is 18.6. The molecule has 1 aliphatic heterocycles. The third kappa shape index (κ3) is 8.01. The molecule has 0 unspecified atom stereocenters. The lowest BCUT2D eigenvalue weighted by atomic mass is 10.1. The topological polar surface area (TPSA) is 114 Å². The third-order valence-corrected chi connectivity index (χ3v) is 7.86. The van der Waals surface area contributed by atoms with Crippen LogP contribution in [0.5, 0.6) is 17.2 Å². The molecule has 2 atom stereocenters. The van der Waals surface area contributed by atoms with Crippen molar-refractivity contribution in [2.24, 2.45) is 0 Å². The molecule has 0 fully saturated rings. The van der Waals surface area contributed by atoms with E-state index in [0.717, 1.165) is 18.2 Å². The average Bonchev–Trinajstić information content (AvgIpc) is 3.38. The van der Waals surface area contributed by atoms with Gasteiger partial charge in [-0.05, 0) is 56.0 Å². The molecule has 0 saturated carbocycles. The fourth-order valence-electron chi connectivity index (χ4n) is 4.37. The summed E-state index contributed by atoms with van der Waals surface area (Å²) in [5, 5.41) is 2.99. The van der Waals surface area contributed by atoms with Crippen LogP contribution in [0.25, 0.3) is 0 Å². The lowest BCUT2D eigenvalue weighted by Gasteiger charge is -2.32. The van der Waals surface area contributed by atoms with E-state index in [2.05, 4.69) is 5.32 Å². The zero-order chi connectivity index (χ0) is 28.6. The summed E-state index contributed by atoms with van der Waals surface area (Å²) < 4.78 is 42.5. The van der Waals surface area contributed by atoms with Crippen molar-refractivity contribution in [3.8, 4) is 17.2 Å². The average molecular weight is 562 g/mol. The standard InChI is InChI=1S/C28H39N3O7S/c1-6-20(3)29-28(33)24(7-2)30(18-21-10-8-11-23(16-21)36-4)27(32)12-9-15-31(39(5,34)35)22-13-14-25-26(17-22)38-19-37-25/h8,10-11,13-14,16-17,20,24H,6-7,9,12,15,18-19H2,1-5H3,(H,29,33)/t20-,24+/m1/s1. The van der Waals surface area contributed by atoms with Gasteiger partial charge in [-0.3, -0.25) is 13.9 Å². The van der Waals surface area contributed by atoms with Crippen LogP contribution in [-0.4, -0.2) is 63.9 Å². The van der Waals surface area contributed by atoms with E-state index in [4.69, 9.17) is 14.2 Å². The van der Waals surface area contributed by atoms with Crippen molar-refractivity contribution < 1.29 is 32.2 Å². The summed E-state index contributed by atoms with van der Waals surface area (Å²) in [6.07, 6.45) is 2.66. The van der Waals surface area contributed by atoms with E-state index in [1.165, 1.54) is 4.31 Å². The van der Waals surface area contributed by atoms with Crippen LogP contribution in [0.2, 0.25) is 0 Å². The van der Waals surface area contributed by atoms with E-state index >= 15 is 0 Å². The highest BCUT2D eigenvalue weighted by molar-refractivity contribution is 7.92. The van der Waals surface area contributed by atoms with E-state index in [1.807, 2.05) is 45.0 Å². The van der Waals surface area contributed by atoms with Gasteiger partial charge in [0.05, 0.1) is 19.1 Å². The summed E-state index contributed by atoms with van der Waals surface area (Å²) in [4.78, 5) is 28.3. The Balaban J connectivity index is 1.78. The quantitative estimate of drug-likeness (QED) is 0.374. The molecule has 2 aromatic rings. The van der Waals surface area contributed by atoms with Crippen LogP contribution >= 0.6 is 0 Å². The molecule has 0 aliphatic carbocycles. The maximum Gasteiger partial charge on any atom is 0.243 e. The van der Waals surface area contributed by atoms with E-state index in [-0.39, 0.29) is 50.6 Å². The number of nitrogens with zero attached hydrogens (tertiary/aromatic N) is 2. The minimum absolute atomic E-state index is 0.0228. The Morgan fingerprint density at radius 2 is 1.82 bits per heavy atom. The molecule has 0 aromatic heterocycles. The van der Waals surface area contributed by atoms with Gasteiger partial charge >= 0.3 is 0 Å². The molecule has 0 radical (unpaired) electrons. The summed E-state index contributed by atoms with van der Waals surface area (Å²) in [6.45, 7) is 6.18.